The topological polar surface area (TPSA) is 49.9 Å². The zero-order chi connectivity index (χ0) is 22.2. The van der Waals surface area contributed by atoms with Crippen molar-refractivity contribution >= 4 is 11.8 Å². The van der Waals surface area contributed by atoms with E-state index >= 15 is 0 Å². The predicted octanol–water partition coefficient (Wildman–Crippen LogP) is 5.29. The lowest BCUT2D eigenvalue weighted by atomic mass is 9.89. The van der Waals surface area contributed by atoms with Crippen LogP contribution in [0.5, 0.6) is 5.75 Å². The van der Waals surface area contributed by atoms with Crippen LogP contribution in [0.4, 0.5) is 0 Å². The number of hydrogen-bond acceptors (Lipinski definition) is 3. The average Bonchev–Trinajstić information content (AvgIpc) is 2.79. The Balaban J connectivity index is 1.96. The molecule has 1 aliphatic heterocycles. The van der Waals surface area contributed by atoms with Crippen LogP contribution in [0.15, 0.2) is 24.3 Å². The van der Waals surface area contributed by atoms with Crippen LogP contribution < -0.4 is 4.74 Å². The van der Waals surface area contributed by atoms with Crippen LogP contribution in [-0.2, 0) is 4.79 Å². The minimum atomic E-state index is -0.0555. The highest BCUT2D eigenvalue weighted by Crippen LogP contribution is 2.32. The molecule has 1 aromatic carbocycles. The first-order valence-corrected chi connectivity index (χ1v) is 12.5. The lowest BCUT2D eigenvalue weighted by molar-refractivity contribution is -0.141. The number of nitrogens with zero attached hydrogens (tertiary/aromatic N) is 2. The molecule has 2 amide bonds. The fourth-order valence-corrected chi connectivity index (χ4v) is 5.13. The summed E-state index contributed by atoms with van der Waals surface area (Å²) in [7, 11) is 0. The number of ether oxygens (including phenoxy) is 1. The summed E-state index contributed by atoms with van der Waals surface area (Å²) in [4.78, 5) is 30.9. The van der Waals surface area contributed by atoms with Gasteiger partial charge >= 0.3 is 0 Å². The van der Waals surface area contributed by atoms with Gasteiger partial charge < -0.3 is 14.5 Å². The largest absolute Gasteiger partial charge is 0.487 e. The van der Waals surface area contributed by atoms with Gasteiger partial charge in [0.25, 0.3) is 5.91 Å². The molecule has 1 fully saturated rings. The molecule has 1 aliphatic carbocycles. The highest BCUT2D eigenvalue weighted by atomic mass is 16.5. The van der Waals surface area contributed by atoms with Gasteiger partial charge in [0.05, 0.1) is 11.6 Å². The normalized spacial score (nSPS) is 22.8. The van der Waals surface area contributed by atoms with E-state index in [-0.39, 0.29) is 29.9 Å². The molecule has 0 saturated heterocycles. The first kappa shape index (κ1) is 23.6. The number of amides is 2. The fraction of sp³-hybridized carbons (Fsp3) is 0.692. The number of rotatable bonds is 5. The molecule has 0 spiro atoms. The summed E-state index contributed by atoms with van der Waals surface area (Å²) >= 11 is 0. The lowest BCUT2D eigenvalue weighted by Gasteiger charge is -2.42. The molecule has 0 N–H and O–H groups in total. The SMILES string of the molecule is CCCN1CCCCN(C(=O)C(CC)CC)[C@@H]2CCCC[C@@H]2Oc2ccccc2C1=O. The van der Waals surface area contributed by atoms with Crippen molar-refractivity contribution in [2.45, 2.75) is 90.7 Å². The van der Waals surface area contributed by atoms with E-state index in [4.69, 9.17) is 4.74 Å². The van der Waals surface area contributed by atoms with Gasteiger partial charge in [-0.2, -0.15) is 0 Å². The number of fused-ring (bicyclic) bond motifs is 2. The Hall–Kier alpha value is -2.04. The van der Waals surface area contributed by atoms with Crippen LogP contribution in [0, 0.1) is 5.92 Å². The second-order valence-electron chi connectivity index (χ2n) is 9.05. The van der Waals surface area contributed by atoms with Gasteiger partial charge in [-0.25, -0.2) is 0 Å². The number of para-hydroxylation sites is 1. The molecule has 172 valence electrons. The third-order valence-corrected chi connectivity index (χ3v) is 6.94. The summed E-state index contributed by atoms with van der Waals surface area (Å²) in [6.07, 6.45) is 8.61. The van der Waals surface area contributed by atoms with Gasteiger partial charge in [0.1, 0.15) is 11.9 Å². The summed E-state index contributed by atoms with van der Waals surface area (Å²) in [6, 6.07) is 7.75. The number of benzene rings is 1. The smallest absolute Gasteiger partial charge is 0.257 e. The summed E-state index contributed by atoms with van der Waals surface area (Å²) in [5.41, 5.74) is 0.652. The van der Waals surface area contributed by atoms with Gasteiger partial charge in [-0.1, -0.05) is 39.3 Å². The standard InChI is InChI=1S/C26H40N2O3/c1-4-17-27-18-11-12-19-28(25(29)20(5-2)6-3)22-14-8-10-16-24(22)31-23-15-9-7-13-21(23)26(27)30/h7,9,13,15,20,22,24H,4-6,8,10-12,14,16-19H2,1-3H3/t22-,24+/m1/s1. The third-order valence-electron chi connectivity index (χ3n) is 6.94. The highest BCUT2D eigenvalue weighted by molar-refractivity contribution is 5.97. The minimum absolute atomic E-state index is 0.0555. The average molecular weight is 429 g/mol. The van der Waals surface area contributed by atoms with E-state index in [0.717, 1.165) is 77.4 Å². The van der Waals surface area contributed by atoms with Gasteiger partial charge in [0, 0.05) is 25.6 Å². The van der Waals surface area contributed by atoms with E-state index in [9.17, 15) is 9.59 Å². The Morgan fingerprint density at radius 3 is 2.48 bits per heavy atom. The summed E-state index contributed by atoms with van der Waals surface area (Å²) in [5.74, 6) is 1.11. The van der Waals surface area contributed by atoms with Crippen LogP contribution in [0.3, 0.4) is 0 Å². The molecule has 2 atom stereocenters. The molecule has 1 saturated carbocycles. The van der Waals surface area contributed by atoms with Gasteiger partial charge in [-0.3, -0.25) is 9.59 Å². The molecular weight excluding hydrogens is 388 g/mol. The summed E-state index contributed by atoms with van der Waals surface area (Å²) in [6.45, 7) is 8.56. The highest BCUT2D eigenvalue weighted by Gasteiger charge is 2.37. The van der Waals surface area contributed by atoms with Crippen LogP contribution in [-0.4, -0.2) is 53.4 Å². The summed E-state index contributed by atoms with van der Waals surface area (Å²) in [5, 5.41) is 0. The monoisotopic (exact) mass is 428 g/mol. The lowest BCUT2D eigenvalue weighted by Crippen LogP contribution is -2.53. The zero-order valence-corrected chi connectivity index (χ0v) is 19.6. The molecule has 0 radical (unpaired) electrons. The first-order chi connectivity index (χ1) is 15.1. The first-order valence-electron chi connectivity index (χ1n) is 12.5. The van der Waals surface area contributed by atoms with E-state index in [1.54, 1.807) is 0 Å². The number of carbonyl (C=O) groups is 2. The second kappa shape index (κ2) is 11.5. The molecule has 31 heavy (non-hydrogen) atoms. The predicted molar refractivity (Wildman–Crippen MR) is 124 cm³/mol. The van der Waals surface area contributed by atoms with Crippen LogP contribution in [0.1, 0.15) is 88.9 Å². The van der Waals surface area contributed by atoms with Gasteiger partial charge in [0.2, 0.25) is 5.91 Å². The molecule has 1 aromatic rings. The molecule has 0 aromatic heterocycles. The molecular formula is C26H40N2O3. The summed E-state index contributed by atoms with van der Waals surface area (Å²) < 4.78 is 6.56. The second-order valence-corrected chi connectivity index (χ2v) is 9.05. The Kier molecular flexibility index (Phi) is 8.79. The van der Waals surface area contributed by atoms with Gasteiger partial charge in [0.15, 0.2) is 0 Å². The van der Waals surface area contributed by atoms with E-state index < -0.39 is 0 Å². The van der Waals surface area contributed by atoms with Crippen molar-refractivity contribution in [1.82, 2.24) is 9.80 Å². The van der Waals surface area contributed by atoms with Crippen LogP contribution in [0.2, 0.25) is 0 Å². The van der Waals surface area contributed by atoms with Crippen molar-refractivity contribution < 1.29 is 14.3 Å². The van der Waals surface area contributed by atoms with E-state index in [0.29, 0.717) is 11.3 Å². The van der Waals surface area contributed by atoms with E-state index in [2.05, 4.69) is 25.7 Å². The molecule has 5 heteroatoms. The van der Waals surface area contributed by atoms with E-state index in [1.165, 1.54) is 0 Å². The maximum absolute atomic E-state index is 13.5. The zero-order valence-electron chi connectivity index (χ0n) is 19.6. The quantitative estimate of drug-likeness (QED) is 0.640. The van der Waals surface area contributed by atoms with Crippen molar-refractivity contribution in [2.75, 3.05) is 19.6 Å². The molecule has 0 bridgehead atoms. The van der Waals surface area contributed by atoms with Crippen molar-refractivity contribution in [1.29, 1.82) is 0 Å². The maximum Gasteiger partial charge on any atom is 0.257 e. The molecule has 0 unspecified atom stereocenters. The van der Waals surface area contributed by atoms with Crippen LogP contribution in [0.25, 0.3) is 0 Å². The number of hydrogen-bond donors (Lipinski definition) is 0. The van der Waals surface area contributed by atoms with Crippen LogP contribution >= 0.6 is 0 Å². The molecule has 3 rings (SSSR count). The van der Waals surface area contributed by atoms with Crippen molar-refractivity contribution in [2.24, 2.45) is 5.92 Å². The van der Waals surface area contributed by atoms with Crippen molar-refractivity contribution in [3.05, 3.63) is 29.8 Å². The Morgan fingerprint density at radius 1 is 1.03 bits per heavy atom. The Labute approximate surface area is 188 Å². The van der Waals surface area contributed by atoms with Crippen molar-refractivity contribution in [3.63, 3.8) is 0 Å². The third kappa shape index (κ3) is 5.61. The van der Waals surface area contributed by atoms with Gasteiger partial charge in [-0.05, 0) is 63.5 Å². The minimum Gasteiger partial charge on any atom is -0.487 e. The number of carbonyl (C=O) groups excluding carboxylic acids is 2. The Bertz CT molecular complexity index is 731. The molecule has 2 aliphatic rings. The Morgan fingerprint density at radius 2 is 1.74 bits per heavy atom. The van der Waals surface area contributed by atoms with Crippen molar-refractivity contribution in [3.8, 4) is 5.75 Å². The fourth-order valence-electron chi connectivity index (χ4n) is 5.13. The maximum atomic E-state index is 13.5. The molecule has 5 nitrogen and oxygen atoms in total. The van der Waals surface area contributed by atoms with Gasteiger partial charge in [-0.15, -0.1) is 0 Å². The van der Waals surface area contributed by atoms with E-state index in [1.807, 2.05) is 29.2 Å². The molecule has 1 heterocycles.